The Bertz CT molecular complexity index is 544. The van der Waals surface area contributed by atoms with Crippen molar-refractivity contribution in [2.75, 3.05) is 31.8 Å². The fourth-order valence-electron chi connectivity index (χ4n) is 1.85. The van der Waals surface area contributed by atoms with Crippen LogP contribution in [-0.2, 0) is 10.0 Å². The van der Waals surface area contributed by atoms with Crippen LogP contribution in [0.1, 0.15) is 19.8 Å². The zero-order valence-corrected chi connectivity index (χ0v) is 12.9. The van der Waals surface area contributed by atoms with E-state index in [2.05, 4.69) is 5.32 Å². The number of rotatable bonds is 7. The minimum atomic E-state index is -3.57. The van der Waals surface area contributed by atoms with Crippen LogP contribution in [0, 0.1) is 0 Å². The van der Waals surface area contributed by atoms with E-state index in [9.17, 15) is 8.42 Å². The van der Waals surface area contributed by atoms with Crippen LogP contribution in [-0.4, -0.2) is 44.6 Å². The Labute approximate surface area is 120 Å². The molecule has 0 fully saturated rings. The second-order valence-electron chi connectivity index (χ2n) is 4.77. The fourth-order valence-corrected chi connectivity index (χ4v) is 2.88. The molecule has 1 aromatic carbocycles. The zero-order valence-electron chi connectivity index (χ0n) is 12.1. The van der Waals surface area contributed by atoms with Crippen molar-refractivity contribution in [3.63, 3.8) is 0 Å². The maximum absolute atomic E-state index is 12.2. The first kappa shape index (κ1) is 16.7. The topological polar surface area (TPSA) is 95.7 Å². The standard InChI is InChI=1S/C13H23N3O3S/c1-4-10(8-9-17)15-11-6-5-7-12(13(11)14)20(18,19)16(2)3/h5-7,10,15,17H,4,8-9,14H2,1-3H3. The zero-order chi connectivity index (χ0) is 15.3. The summed E-state index contributed by atoms with van der Waals surface area (Å²) in [5.74, 6) is 0. The third-order valence-corrected chi connectivity index (χ3v) is 5.03. The second-order valence-corrected chi connectivity index (χ2v) is 6.89. The van der Waals surface area contributed by atoms with Crippen molar-refractivity contribution in [3.8, 4) is 0 Å². The fraction of sp³-hybridized carbons (Fsp3) is 0.538. The van der Waals surface area contributed by atoms with Gasteiger partial charge in [-0.2, -0.15) is 0 Å². The highest BCUT2D eigenvalue weighted by atomic mass is 32.2. The third-order valence-electron chi connectivity index (χ3n) is 3.15. The van der Waals surface area contributed by atoms with Gasteiger partial charge in [0, 0.05) is 26.7 Å². The Morgan fingerprint density at radius 2 is 2.05 bits per heavy atom. The van der Waals surface area contributed by atoms with Gasteiger partial charge in [0.25, 0.3) is 0 Å². The molecule has 0 heterocycles. The maximum atomic E-state index is 12.2. The molecule has 20 heavy (non-hydrogen) atoms. The number of nitrogens with two attached hydrogens (primary N) is 1. The summed E-state index contributed by atoms with van der Waals surface area (Å²) in [5, 5.41) is 12.2. The summed E-state index contributed by atoms with van der Waals surface area (Å²) in [6.07, 6.45) is 1.39. The van der Waals surface area contributed by atoms with Gasteiger partial charge in [0.1, 0.15) is 4.90 Å². The highest BCUT2D eigenvalue weighted by Crippen LogP contribution is 2.29. The number of nitrogens with one attached hydrogen (secondary N) is 1. The van der Waals surface area contributed by atoms with Gasteiger partial charge in [0.2, 0.25) is 10.0 Å². The van der Waals surface area contributed by atoms with E-state index in [1.807, 2.05) is 6.92 Å². The summed E-state index contributed by atoms with van der Waals surface area (Å²) in [7, 11) is -0.630. The average Bonchev–Trinajstić information content (AvgIpc) is 2.39. The Hall–Kier alpha value is -1.31. The van der Waals surface area contributed by atoms with Gasteiger partial charge in [-0.25, -0.2) is 12.7 Å². The largest absolute Gasteiger partial charge is 0.396 e. The lowest BCUT2D eigenvalue weighted by Gasteiger charge is -2.21. The highest BCUT2D eigenvalue weighted by Gasteiger charge is 2.22. The van der Waals surface area contributed by atoms with Crippen molar-refractivity contribution in [3.05, 3.63) is 18.2 Å². The summed E-state index contributed by atoms with van der Waals surface area (Å²) in [4.78, 5) is 0.0892. The van der Waals surface area contributed by atoms with E-state index in [4.69, 9.17) is 10.8 Å². The smallest absolute Gasteiger partial charge is 0.244 e. The van der Waals surface area contributed by atoms with Crippen LogP contribution < -0.4 is 11.1 Å². The molecular formula is C13H23N3O3S. The van der Waals surface area contributed by atoms with Crippen molar-refractivity contribution >= 4 is 21.4 Å². The molecule has 1 atom stereocenters. The van der Waals surface area contributed by atoms with Gasteiger partial charge in [0.15, 0.2) is 0 Å². The number of nitrogen functional groups attached to an aromatic ring is 1. The predicted octanol–water partition coefficient (Wildman–Crippen LogP) is 1.09. The lowest BCUT2D eigenvalue weighted by Crippen LogP contribution is -2.25. The van der Waals surface area contributed by atoms with Crippen molar-refractivity contribution in [2.24, 2.45) is 0 Å². The summed E-state index contributed by atoms with van der Waals surface area (Å²) >= 11 is 0. The number of aliphatic hydroxyl groups is 1. The molecule has 1 unspecified atom stereocenters. The molecule has 0 saturated heterocycles. The second kappa shape index (κ2) is 6.92. The van der Waals surface area contributed by atoms with Crippen molar-refractivity contribution in [1.82, 2.24) is 4.31 Å². The van der Waals surface area contributed by atoms with E-state index in [0.717, 1.165) is 10.7 Å². The SMILES string of the molecule is CCC(CCO)Nc1cccc(S(=O)(=O)N(C)C)c1N. The number of sulfonamides is 1. The van der Waals surface area contributed by atoms with Gasteiger partial charge in [0.05, 0.1) is 11.4 Å². The van der Waals surface area contributed by atoms with Crippen molar-refractivity contribution in [1.29, 1.82) is 0 Å². The summed E-state index contributed by atoms with van der Waals surface area (Å²) in [6.45, 7) is 2.06. The first-order valence-corrected chi connectivity index (χ1v) is 7.97. The van der Waals surface area contributed by atoms with Crippen LogP contribution in [0.25, 0.3) is 0 Å². The van der Waals surface area contributed by atoms with Gasteiger partial charge < -0.3 is 16.2 Å². The molecule has 7 heteroatoms. The molecule has 0 saturated carbocycles. The van der Waals surface area contributed by atoms with Gasteiger partial charge in [-0.15, -0.1) is 0 Å². The first-order valence-electron chi connectivity index (χ1n) is 6.53. The molecule has 0 aliphatic rings. The number of anilines is 2. The number of hydrogen-bond acceptors (Lipinski definition) is 5. The lowest BCUT2D eigenvalue weighted by molar-refractivity contribution is 0.278. The minimum Gasteiger partial charge on any atom is -0.396 e. The molecule has 0 aliphatic carbocycles. The van der Waals surface area contributed by atoms with Gasteiger partial charge >= 0.3 is 0 Å². The van der Waals surface area contributed by atoms with Crippen LogP contribution >= 0.6 is 0 Å². The number of benzene rings is 1. The molecule has 6 nitrogen and oxygen atoms in total. The molecular weight excluding hydrogens is 278 g/mol. The Kier molecular flexibility index (Phi) is 5.79. The molecule has 0 aromatic heterocycles. The molecule has 1 aromatic rings. The number of aliphatic hydroxyl groups excluding tert-OH is 1. The van der Waals surface area contributed by atoms with Gasteiger partial charge in [-0.05, 0) is 25.0 Å². The Balaban J connectivity index is 3.14. The van der Waals surface area contributed by atoms with Crippen molar-refractivity contribution in [2.45, 2.75) is 30.7 Å². The molecule has 1 rings (SSSR count). The van der Waals surface area contributed by atoms with Crippen molar-refractivity contribution < 1.29 is 13.5 Å². The Morgan fingerprint density at radius 1 is 1.40 bits per heavy atom. The van der Waals surface area contributed by atoms with Gasteiger partial charge in [-0.3, -0.25) is 0 Å². The Morgan fingerprint density at radius 3 is 2.55 bits per heavy atom. The number of nitrogens with zero attached hydrogens (tertiary/aromatic N) is 1. The summed E-state index contributed by atoms with van der Waals surface area (Å²) in [6, 6.07) is 4.94. The van der Waals surface area contributed by atoms with E-state index in [1.165, 1.54) is 20.2 Å². The van der Waals surface area contributed by atoms with Crippen LogP contribution in [0.3, 0.4) is 0 Å². The van der Waals surface area contributed by atoms with E-state index in [0.29, 0.717) is 12.1 Å². The van der Waals surface area contributed by atoms with Crippen LogP contribution in [0.2, 0.25) is 0 Å². The van der Waals surface area contributed by atoms with E-state index < -0.39 is 10.0 Å². The quantitative estimate of drug-likeness (QED) is 0.655. The van der Waals surface area contributed by atoms with E-state index in [-0.39, 0.29) is 23.2 Å². The summed E-state index contributed by atoms with van der Waals surface area (Å²) < 4.78 is 25.5. The lowest BCUT2D eigenvalue weighted by atomic mass is 10.1. The molecule has 0 amide bonds. The molecule has 4 N–H and O–H groups in total. The van der Waals surface area contributed by atoms with E-state index in [1.54, 1.807) is 12.1 Å². The average molecular weight is 301 g/mol. The van der Waals surface area contributed by atoms with Crippen LogP contribution in [0.4, 0.5) is 11.4 Å². The molecule has 114 valence electrons. The monoisotopic (exact) mass is 301 g/mol. The third kappa shape index (κ3) is 3.62. The molecule has 0 aliphatic heterocycles. The number of hydrogen-bond donors (Lipinski definition) is 3. The number of para-hydroxylation sites is 1. The predicted molar refractivity (Wildman–Crippen MR) is 81.1 cm³/mol. The van der Waals surface area contributed by atoms with Crippen LogP contribution in [0.5, 0.6) is 0 Å². The molecule has 0 bridgehead atoms. The molecule has 0 radical (unpaired) electrons. The first-order chi connectivity index (χ1) is 9.34. The van der Waals surface area contributed by atoms with Gasteiger partial charge in [-0.1, -0.05) is 13.0 Å². The maximum Gasteiger partial charge on any atom is 0.244 e. The van der Waals surface area contributed by atoms with Crippen LogP contribution in [0.15, 0.2) is 23.1 Å². The normalized spacial score (nSPS) is 13.4. The highest BCUT2D eigenvalue weighted by molar-refractivity contribution is 7.89. The minimum absolute atomic E-state index is 0.0552. The summed E-state index contributed by atoms with van der Waals surface area (Å²) in [5.41, 5.74) is 6.76. The van der Waals surface area contributed by atoms with E-state index >= 15 is 0 Å². The molecule has 0 spiro atoms.